The van der Waals surface area contributed by atoms with Crippen molar-refractivity contribution < 1.29 is 9.34 Å². The summed E-state index contributed by atoms with van der Waals surface area (Å²) in [5, 5.41) is 18.9. The summed E-state index contributed by atoms with van der Waals surface area (Å²) >= 11 is 1.67. The topological polar surface area (TPSA) is 82.1 Å². The largest absolute Gasteiger partial charge is 0.419 e. The molecule has 3 aromatic rings. The van der Waals surface area contributed by atoms with E-state index in [0.29, 0.717) is 17.3 Å². The smallest absolute Gasteiger partial charge is 0.269 e. The molecule has 0 bridgehead atoms. The number of nitrogens with zero attached hydrogens (tertiary/aromatic N) is 3. The Morgan fingerprint density at radius 2 is 1.84 bits per heavy atom. The van der Waals surface area contributed by atoms with Crippen molar-refractivity contribution in [1.29, 1.82) is 0 Å². The third-order valence-electron chi connectivity index (χ3n) is 3.76. The van der Waals surface area contributed by atoms with Gasteiger partial charge in [0.05, 0.1) is 10.2 Å². The minimum atomic E-state index is -0.439. The maximum atomic E-state index is 10.7. The molecular weight excluding hydrogens is 338 g/mol. The average Bonchev–Trinajstić information content (AvgIpc) is 3.08. The molecule has 2 aromatic carbocycles. The molecule has 128 valence electrons. The number of rotatable bonds is 5. The van der Waals surface area contributed by atoms with Gasteiger partial charge in [-0.3, -0.25) is 10.1 Å². The maximum Gasteiger partial charge on any atom is 0.269 e. The quantitative estimate of drug-likeness (QED) is 0.359. The van der Waals surface area contributed by atoms with E-state index in [1.165, 1.54) is 28.2 Å². The molecule has 7 heteroatoms. The van der Waals surface area contributed by atoms with Crippen LogP contribution in [0.5, 0.6) is 0 Å². The van der Waals surface area contributed by atoms with E-state index in [1.807, 2.05) is 6.92 Å². The summed E-state index contributed by atoms with van der Waals surface area (Å²) in [6, 6.07) is 12.4. The predicted octanol–water partition coefficient (Wildman–Crippen LogP) is 5.11. The molecule has 0 spiro atoms. The Kier molecular flexibility index (Phi) is 4.85. The van der Waals surface area contributed by atoms with Gasteiger partial charge in [0.25, 0.3) is 5.69 Å². The zero-order chi connectivity index (χ0) is 18.0. The highest BCUT2D eigenvalue weighted by molar-refractivity contribution is 7.99. The summed E-state index contributed by atoms with van der Waals surface area (Å²) in [6.45, 7) is 6.15. The molecule has 0 radical (unpaired) electrons. The molecule has 0 amide bonds. The highest BCUT2D eigenvalue weighted by Gasteiger charge is 2.17. The molecule has 0 aliphatic rings. The number of aromatic nitrogens is 2. The lowest BCUT2D eigenvalue weighted by Gasteiger charge is -2.10. The van der Waals surface area contributed by atoms with Crippen molar-refractivity contribution in [1.82, 2.24) is 10.2 Å². The van der Waals surface area contributed by atoms with Gasteiger partial charge in [0, 0.05) is 22.6 Å². The van der Waals surface area contributed by atoms with Crippen LogP contribution in [-0.2, 0) is 0 Å². The molecule has 1 heterocycles. The van der Waals surface area contributed by atoms with Crippen LogP contribution in [0.4, 0.5) is 5.69 Å². The van der Waals surface area contributed by atoms with E-state index >= 15 is 0 Å². The number of aryl methyl sites for hydroxylation is 2. The lowest BCUT2D eigenvalue weighted by atomic mass is 10.2. The first-order valence-corrected chi connectivity index (χ1v) is 8.64. The van der Waals surface area contributed by atoms with Crippen molar-refractivity contribution in [3.63, 3.8) is 0 Å². The van der Waals surface area contributed by atoms with Gasteiger partial charge < -0.3 is 4.42 Å². The summed E-state index contributed by atoms with van der Waals surface area (Å²) < 4.78 is 5.76. The highest BCUT2D eigenvalue weighted by atomic mass is 32.2. The van der Waals surface area contributed by atoms with E-state index in [1.54, 1.807) is 23.9 Å². The van der Waals surface area contributed by atoms with Gasteiger partial charge in [-0.25, -0.2) is 0 Å². The maximum absolute atomic E-state index is 10.7. The van der Waals surface area contributed by atoms with Gasteiger partial charge in [0.15, 0.2) is 0 Å². The fraction of sp³-hybridized carbons (Fsp3) is 0.222. The molecule has 0 aliphatic heterocycles. The van der Waals surface area contributed by atoms with Crippen molar-refractivity contribution in [3.8, 4) is 11.5 Å². The Bertz CT molecular complexity index is 906. The van der Waals surface area contributed by atoms with Crippen molar-refractivity contribution in [3.05, 3.63) is 69.6 Å². The molecule has 1 unspecified atom stereocenters. The molecule has 0 saturated heterocycles. The Hall–Kier alpha value is -2.67. The molecule has 6 nitrogen and oxygen atoms in total. The summed E-state index contributed by atoms with van der Waals surface area (Å²) in [7, 11) is 0. The van der Waals surface area contributed by atoms with Crippen LogP contribution >= 0.6 is 11.8 Å². The van der Waals surface area contributed by atoms with Crippen LogP contribution in [0, 0.1) is 24.0 Å². The SMILES string of the molecule is Cc1ccc(C)c(SC(C)c2nnc(-c3ccc([N+](=O)[O-])cc3)o2)c1. The Labute approximate surface area is 149 Å². The van der Waals surface area contributed by atoms with E-state index in [9.17, 15) is 10.1 Å². The first-order chi connectivity index (χ1) is 11.9. The second kappa shape index (κ2) is 7.06. The lowest BCUT2D eigenvalue weighted by Crippen LogP contribution is -1.90. The fourth-order valence-electron chi connectivity index (χ4n) is 2.32. The van der Waals surface area contributed by atoms with Crippen LogP contribution < -0.4 is 0 Å². The number of benzene rings is 2. The van der Waals surface area contributed by atoms with Gasteiger partial charge in [-0.15, -0.1) is 22.0 Å². The van der Waals surface area contributed by atoms with E-state index < -0.39 is 4.92 Å². The molecule has 25 heavy (non-hydrogen) atoms. The predicted molar refractivity (Wildman–Crippen MR) is 96.6 cm³/mol. The van der Waals surface area contributed by atoms with Crippen LogP contribution in [0.1, 0.15) is 29.2 Å². The molecule has 0 aliphatic carbocycles. The number of hydrogen-bond acceptors (Lipinski definition) is 6. The first kappa shape index (κ1) is 17.2. The van der Waals surface area contributed by atoms with Crippen LogP contribution in [0.15, 0.2) is 51.8 Å². The van der Waals surface area contributed by atoms with E-state index in [-0.39, 0.29) is 10.9 Å². The van der Waals surface area contributed by atoms with E-state index in [0.717, 1.165) is 0 Å². The van der Waals surface area contributed by atoms with Crippen LogP contribution in [0.25, 0.3) is 11.5 Å². The van der Waals surface area contributed by atoms with Crippen molar-refractivity contribution in [2.24, 2.45) is 0 Å². The Morgan fingerprint density at radius 1 is 1.12 bits per heavy atom. The third kappa shape index (κ3) is 3.88. The molecule has 3 rings (SSSR count). The Morgan fingerprint density at radius 3 is 2.52 bits per heavy atom. The highest BCUT2D eigenvalue weighted by Crippen LogP contribution is 2.37. The number of hydrogen-bond donors (Lipinski definition) is 0. The van der Waals surface area contributed by atoms with E-state index in [4.69, 9.17) is 4.42 Å². The van der Waals surface area contributed by atoms with Gasteiger partial charge in [0.1, 0.15) is 0 Å². The minimum Gasteiger partial charge on any atom is -0.419 e. The fourth-order valence-corrected chi connectivity index (χ4v) is 3.40. The molecular formula is C18H17N3O3S. The van der Waals surface area contributed by atoms with Crippen molar-refractivity contribution in [2.45, 2.75) is 30.9 Å². The number of non-ortho nitro benzene ring substituents is 1. The Balaban J connectivity index is 1.78. The zero-order valence-electron chi connectivity index (χ0n) is 14.1. The lowest BCUT2D eigenvalue weighted by molar-refractivity contribution is -0.384. The third-order valence-corrected chi connectivity index (χ3v) is 5.01. The summed E-state index contributed by atoms with van der Waals surface area (Å²) in [4.78, 5) is 11.5. The number of thioether (sulfide) groups is 1. The van der Waals surface area contributed by atoms with Crippen LogP contribution in [0.2, 0.25) is 0 Å². The zero-order valence-corrected chi connectivity index (χ0v) is 14.9. The molecule has 1 aromatic heterocycles. The van der Waals surface area contributed by atoms with Crippen molar-refractivity contribution in [2.75, 3.05) is 0 Å². The monoisotopic (exact) mass is 355 g/mol. The van der Waals surface area contributed by atoms with Gasteiger partial charge in [-0.1, -0.05) is 17.7 Å². The molecule has 0 fully saturated rings. The van der Waals surface area contributed by atoms with Crippen LogP contribution in [-0.4, -0.2) is 15.1 Å². The summed E-state index contributed by atoms with van der Waals surface area (Å²) in [6.07, 6.45) is 0. The standard InChI is InChI=1S/C18H17N3O3S/c1-11-4-5-12(2)16(10-11)25-13(3)17-19-20-18(24-17)14-6-8-15(9-7-14)21(22)23/h4-10,13H,1-3H3. The van der Waals surface area contributed by atoms with Gasteiger partial charge in [0.2, 0.25) is 11.8 Å². The second-order valence-corrected chi connectivity index (χ2v) is 7.16. The number of nitro benzene ring substituents is 1. The first-order valence-electron chi connectivity index (χ1n) is 7.76. The average molecular weight is 355 g/mol. The molecule has 0 saturated carbocycles. The normalized spacial score (nSPS) is 12.1. The summed E-state index contributed by atoms with van der Waals surface area (Å²) in [5.74, 6) is 0.887. The van der Waals surface area contributed by atoms with Gasteiger partial charge in [-0.05, 0) is 44.5 Å². The van der Waals surface area contributed by atoms with E-state index in [2.05, 4.69) is 42.2 Å². The van der Waals surface area contributed by atoms with Crippen LogP contribution in [0.3, 0.4) is 0 Å². The summed E-state index contributed by atoms with van der Waals surface area (Å²) in [5.41, 5.74) is 3.10. The molecule has 0 N–H and O–H groups in total. The second-order valence-electron chi connectivity index (χ2n) is 5.78. The minimum absolute atomic E-state index is 0.000187. The van der Waals surface area contributed by atoms with Gasteiger partial charge >= 0.3 is 0 Å². The van der Waals surface area contributed by atoms with Crippen molar-refractivity contribution >= 4 is 17.4 Å². The number of nitro groups is 1. The van der Waals surface area contributed by atoms with Gasteiger partial charge in [-0.2, -0.15) is 0 Å². The molecule has 1 atom stereocenters.